The molecule has 7 nitrogen and oxygen atoms in total. The van der Waals surface area contributed by atoms with E-state index in [0.29, 0.717) is 35.3 Å². The van der Waals surface area contributed by atoms with Crippen molar-refractivity contribution in [3.63, 3.8) is 0 Å². The summed E-state index contributed by atoms with van der Waals surface area (Å²) in [5.74, 6) is -0.120. The van der Waals surface area contributed by atoms with Gasteiger partial charge in [0.15, 0.2) is 5.58 Å². The van der Waals surface area contributed by atoms with Gasteiger partial charge in [-0.15, -0.1) is 0 Å². The molecule has 1 amide bonds. The van der Waals surface area contributed by atoms with Crippen LogP contribution in [0.4, 0.5) is 4.39 Å². The van der Waals surface area contributed by atoms with Crippen molar-refractivity contribution in [2.75, 3.05) is 0 Å². The van der Waals surface area contributed by atoms with Gasteiger partial charge in [0.2, 0.25) is 5.91 Å². The van der Waals surface area contributed by atoms with Crippen molar-refractivity contribution >= 4 is 22.5 Å². The first-order valence-electron chi connectivity index (χ1n) is 9.56. The molecule has 4 aromatic rings. The van der Waals surface area contributed by atoms with Crippen molar-refractivity contribution in [1.82, 2.24) is 19.5 Å². The number of halogens is 1. The Morgan fingerprint density at radius 1 is 1.24 bits per heavy atom. The fourth-order valence-corrected chi connectivity index (χ4v) is 3.54. The van der Waals surface area contributed by atoms with E-state index in [1.54, 1.807) is 47.9 Å². The van der Waals surface area contributed by atoms with Gasteiger partial charge in [-0.2, -0.15) is 5.10 Å². The lowest BCUT2D eigenvalue weighted by Gasteiger charge is -2.18. The number of rotatable bonds is 6. The Morgan fingerprint density at radius 2 is 2.03 bits per heavy atom. The van der Waals surface area contributed by atoms with Crippen LogP contribution in [0.1, 0.15) is 37.7 Å². The van der Waals surface area contributed by atoms with E-state index in [1.807, 2.05) is 6.92 Å². The number of hydrogen-bond donors (Lipinski definition) is 1. The van der Waals surface area contributed by atoms with Crippen molar-refractivity contribution in [3.05, 3.63) is 70.2 Å². The Hall–Kier alpha value is -3.42. The number of aromatic nitrogens is 3. The van der Waals surface area contributed by atoms with Crippen LogP contribution in [0.25, 0.3) is 16.6 Å². The van der Waals surface area contributed by atoms with Crippen LogP contribution in [0, 0.1) is 5.82 Å². The maximum absolute atomic E-state index is 13.8. The number of carbonyl (C=O) groups excluding carboxylic acids is 1. The summed E-state index contributed by atoms with van der Waals surface area (Å²) in [4.78, 5) is 25.9. The molecule has 0 saturated heterocycles. The molecule has 0 aliphatic heterocycles. The fourth-order valence-electron chi connectivity index (χ4n) is 3.54. The van der Waals surface area contributed by atoms with Gasteiger partial charge in [0.05, 0.1) is 11.8 Å². The second-order valence-corrected chi connectivity index (χ2v) is 6.79. The molecule has 0 bridgehead atoms. The number of amides is 1. The number of furan rings is 1. The molecule has 4 rings (SSSR count). The van der Waals surface area contributed by atoms with E-state index in [-0.39, 0.29) is 23.8 Å². The summed E-state index contributed by atoms with van der Waals surface area (Å²) in [7, 11) is 0. The summed E-state index contributed by atoms with van der Waals surface area (Å²) >= 11 is 0. The summed E-state index contributed by atoms with van der Waals surface area (Å²) in [5, 5.41) is 7.20. The van der Waals surface area contributed by atoms with E-state index in [0.717, 1.165) is 5.52 Å². The molecule has 0 radical (unpaired) electrons. The van der Waals surface area contributed by atoms with Gasteiger partial charge in [-0.3, -0.25) is 14.0 Å². The molecule has 1 N–H and O–H groups in total. The van der Waals surface area contributed by atoms with Gasteiger partial charge >= 0.3 is 0 Å². The standard InChI is InChI=1S/C21H21FN4O3/c1-3-15(20(27)23-12-13-7-5-6-8-14(13)22)26-21(28)17-11-18-16(9-10-29-18)25(17)19(4-2)24-26/h5-11,15H,3-4,12H2,1-2H3,(H,23,27). The molecule has 3 aromatic heterocycles. The Labute approximate surface area is 165 Å². The average molecular weight is 396 g/mol. The minimum Gasteiger partial charge on any atom is -0.463 e. The first-order chi connectivity index (χ1) is 14.0. The molecule has 150 valence electrons. The zero-order valence-corrected chi connectivity index (χ0v) is 16.2. The first-order valence-corrected chi connectivity index (χ1v) is 9.56. The van der Waals surface area contributed by atoms with E-state index in [2.05, 4.69) is 10.4 Å². The zero-order chi connectivity index (χ0) is 20.5. The van der Waals surface area contributed by atoms with Crippen LogP contribution in [-0.2, 0) is 17.8 Å². The number of aryl methyl sites for hydroxylation is 1. The van der Waals surface area contributed by atoms with Crippen molar-refractivity contribution in [3.8, 4) is 0 Å². The second kappa shape index (κ2) is 7.54. The van der Waals surface area contributed by atoms with Crippen molar-refractivity contribution in [1.29, 1.82) is 0 Å². The Kier molecular flexibility index (Phi) is 4.92. The van der Waals surface area contributed by atoms with Crippen LogP contribution in [0.5, 0.6) is 0 Å². The molecule has 8 heteroatoms. The number of nitrogens with one attached hydrogen (secondary N) is 1. The fraction of sp³-hybridized carbons (Fsp3) is 0.286. The van der Waals surface area contributed by atoms with E-state index < -0.39 is 6.04 Å². The molecule has 0 spiro atoms. The molecule has 0 fully saturated rings. The van der Waals surface area contributed by atoms with Gasteiger partial charge in [-0.1, -0.05) is 32.0 Å². The number of fused-ring (bicyclic) bond motifs is 3. The summed E-state index contributed by atoms with van der Waals surface area (Å²) in [6, 6.07) is 8.90. The van der Waals surface area contributed by atoms with E-state index in [9.17, 15) is 14.0 Å². The summed E-state index contributed by atoms with van der Waals surface area (Å²) in [6.45, 7) is 3.78. The van der Waals surface area contributed by atoms with Crippen LogP contribution >= 0.6 is 0 Å². The maximum Gasteiger partial charge on any atom is 0.291 e. The summed E-state index contributed by atoms with van der Waals surface area (Å²) < 4.78 is 22.2. The van der Waals surface area contributed by atoms with Crippen LogP contribution in [0.3, 0.4) is 0 Å². The molecule has 1 unspecified atom stereocenters. The molecule has 1 aromatic carbocycles. The van der Waals surface area contributed by atoms with E-state index >= 15 is 0 Å². The lowest BCUT2D eigenvalue weighted by molar-refractivity contribution is -0.125. The molecule has 29 heavy (non-hydrogen) atoms. The number of carbonyl (C=O) groups is 1. The van der Waals surface area contributed by atoms with Gasteiger partial charge in [0.25, 0.3) is 5.56 Å². The van der Waals surface area contributed by atoms with E-state index in [1.165, 1.54) is 10.7 Å². The first kappa shape index (κ1) is 18.9. The highest BCUT2D eigenvalue weighted by atomic mass is 19.1. The maximum atomic E-state index is 13.8. The van der Waals surface area contributed by atoms with Gasteiger partial charge in [0, 0.05) is 30.7 Å². The molecule has 0 aliphatic carbocycles. The lowest BCUT2D eigenvalue weighted by Crippen LogP contribution is -2.39. The second-order valence-electron chi connectivity index (χ2n) is 6.79. The molecule has 0 aliphatic rings. The zero-order valence-electron chi connectivity index (χ0n) is 16.2. The highest BCUT2D eigenvalue weighted by molar-refractivity contribution is 5.83. The third-order valence-corrected chi connectivity index (χ3v) is 5.04. The predicted octanol–water partition coefficient (Wildman–Crippen LogP) is 3.21. The largest absolute Gasteiger partial charge is 0.463 e. The summed E-state index contributed by atoms with van der Waals surface area (Å²) in [6.07, 6.45) is 2.50. The highest BCUT2D eigenvalue weighted by Gasteiger charge is 2.24. The monoisotopic (exact) mass is 396 g/mol. The molecule has 0 saturated carbocycles. The number of nitrogens with zero attached hydrogens (tertiary/aromatic N) is 3. The van der Waals surface area contributed by atoms with Crippen molar-refractivity contribution in [2.45, 2.75) is 39.3 Å². The van der Waals surface area contributed by atoms with Gasteiger partial charge < -0.3 is 9.73 Å². The Balaban J connectivity index is 1.71. The van der Waals surface area contributed by atoms with Crippen LogP contribution in [0.15, 0.2) is 51.9 Å². The van der Waals surface area contributed by atoms with Crippen LogP contribution < -0.4 is 10.9 Å². The third-order valence-electron chi connectivity index (χ3n) is 5.04. The molecule has 3 heterocycles. The molecular weight excluding hydrogens is 375 g/mol. The number of benzene rings is 1. The van der Waals surface area contributed by atoms with Crippen LogP contribution in [-0.4, -0.2) is 20.1 Å². The smallest absolute Gasteiger partial charge is 0.291 e. The quantitative estimate of drug-likeness (QED) is 0.543. The van der Waals surface area contributed by atoms with Gasteiger partial charge in [0.1, 0.15) is 23.2 Å². The number of hydrogen-bond acceptors (Lipinski definition) is 4. The van der Waals surface area contributed by atoms with Crippen LogP contribution in [0.2, 0.25) is 0 Å². The summed E-state index contributed by atoms with van der Waals surface area (Å²) in [5.41, 5.74) is 1.78. The minimum atomic E-state index is -0.800. The topological polar surface area (TPSA) is 81.5 Å². The lowest BCUT2D eigenvalue weighted by atomic mass is 10.2. The van der Waals surface area contributed by atoms with Crippen molar-refractivity contribution < 1.29 is 13.6 Å². The predicted molar refractivity (Wildman–Crippen MR) is 106 cm³/mol. The van der Waals surface area contributed by atoms with Gasteiger partial charge in [-0.05, 0) is 12.5 Å². The molecular formula is C21H21FN4O3. The Bertz CT molecular complexity index is 1250. The molecule has 1 atom stereocenters. The SMILES string of the molecule is CCc1nn(C(CC)C(=O)NCc2ccccc2F)c(=O)c2cc3occc3n12. The highest BCUT2D eigenvalue weighted by Crippen LogP contribution is 2.21. The Morgan fingerprint density at radius 3 is 2.76 bits per heavy atom. The minimum absolute atomic E-state index is 0.0394. The normalized spacial score (nSPS) is 12.5. The average Bonchev–Trinajstić information content (AvgIpc) is 3.31. The third kappa shape index (κ3) is 3.20. The van der Waals surface area contributed by atoms with Crippen molar-refractivity contribution in [2.24, 2.45) is 0 Å². The van der Waals surface area contributed by atoms with E-state index in [4.69, 9.17) is 4.42 Å². The van der Waals surface area contributed by atoms with Gasteiger partial charge in [-0.25, -0.2) is 9.07 Å².